The Hall–Kier alpha value is -0.610. The third-order valence-corrected chi connectivity index (χ3v) is 3.29. The lowest BCUT2D eigenvalue weighted by Gasteiger charge is -2.26. The first-order valence-electron chi connectivity index (χ1n) is 6.71. The maximum absolute atomic E-state index is 12.2. The predicted octanol–water partition coefficient (Wildman–Crippen LogP) is 1.31. The first kappa shape index (κ1) is 14.5. The molecule has 17 heavy (non-hydrogen) atoms. The molecular weight excluding hydrogens is 216 g/mol. The molecule has 0 bridgehead atoms. The minimum absolute atomic E-state index is 0.174. The van der Waals surface area contributed by atoms with Gasteiger partial charge in [0.1, 0.15) is 0 Å². The molecule has 1 aliphatic rings. The lowest BCUT2D eigenvalue weighted by atomic mass is 9.81. The van der Waals surface area contributed by atoms with Crippen molar-refractivity contribution >= 4 is 5.91 Å². The summed E-state index contributed by atoms with van der Waals surface area (Å²) in [5, 5.41) is 6.30. The summed E-state index contributed by atoms with van der Waals surface area (Å²) in [6.45, 7) is 9.12. The van der Waals surface area contributed by atoms with E-state index in [2.05, 4.69) is 17.6 Å². The standard InChI is InChI=1S/C13H26N2O2/c1-4-5-13(6-7-14-10-13)12(16)15-8-9-17-11(2)3/h11,14H,4-10H2,1-3H3,(H,15,16). The van der Waals surface area contributed by atoms with Crippen LogP contribution >= 0.6 is 0 Å². The van der Waals surface area contributed by atoms with E-state index in [1.807, 2.05) is 13.8 Å². The Kier molecular flexibility index (Phi) is 5.92. The van der Waals surface area contributed by atoms with Crippen molar-refractivity contribution in [3.05, 3.63) is 0 Å². The summed E-state index contributed by atoms with van der Waals surface area (Å²) in [5.41, 5.74) is -0.174. The molecule has 1 atom stereocenters. The number of amides is 1. The predicted molar refractivity (Wildman–Crippen MR) is 68.9 cm³/mol. The van der Waals surface area contributed by atoms with Gasteiger partial charge in [-0.15, -0.1) is 0 Å². The molecule has 0 radical (unpaired) electrons. The Labute approximate surface area is 104 Å². The average Bonchev–Trinajstić information content (AvgIpc) is 2.74. The van der Waals surface area contributed by atoms with Crippen LogP contribution in [0, 0.1) is 5.41 Å². The van der Waals surface area contributed by atoms with E-state index in [1.165, 1.54) is 0 Å². The zero-order valence-electron chi connectivity index (χ0n) is 11.3. The number of carbonyl (C=O) groups is 1. The molecule has 2 N–H and O–H groups in total. The molecule has 1 amide bonds. The van der Waals surface area contributed by atoms with Crippen molar-refractivity contribution in [1.82, 2.24) is 10.6 Å². The first-order chi connectivity index (χ1) is 8.10. The van der Waals surface area contributed by atoms with Crippen molar-refractivity contribution in [2.45, 2.75) is 46.1 Å². The molecule has 1 fully saturated rings. The lowest BCUT2D eigenvalue weighted by molar-refractivity contribution is -0.130. The normalized spacial score (nSPS) is 24.2. The molecule has 1 saturated heterocycles. The van der Waals surface area contributed by atoms with Crippen LogP contribution in [0.15, 0.2) is 0 Å². The molecule has 0 saturated carbocycles. The van der Waals surface area contributed by atoms with E-state index < -0.39 is 0 Å². The van der Waals surface area contributed by atoms with E-state index in [0.717, 1.165) is 32.4 Å². The van der Waals surface area contributed by atoms with Crippen molar-refractivity contribution in [1.29, 1.82) is 0 Å². The van der Waals surface area contributed by atoms with Crippen LogP contribution in [0.4, 0.5) is 0 Å². The van der Waals surface area contributed by atoms with Gasteiger partial charge in [0, 0.05) is 13.1 Å². The second-order valence-electron chi connectivity index (χ2n) is 5.13. The highest BCUT2D eigenvalue weighted by Gasteiger charge is 2.39. The SMILES string of the molecule is CCCC1(C(=O)NCCOC(C)C)CCNC1. The maximum atomic E-state index is 12.2. The van der Waals surface area contributed by atoms with Gasteiger partial charge in [0.15, 0.2) is 0 Å². The summed E-state index contributed by atoms with van der Waals surface area (Å²) in [6.07, 6.45) is 3.20. The number of carbonyl (C=O) groups excluding carboxylic acids is 1. The van der Waals surface area contributed by atoms with E-state index in [-0.39, 0.29) is 17.4 Å². The monoisotopic (exact) mass is 242 g/mol. The molecule has 1 rings (SSSR count). The molecule has 4 nitrogen and oxygen atoms in total. The zero-order chi connectivity index (χ0) is 12.7. The summed E-state index contributed by atoms with van der Waals surface area (Å²) in [5.74, 6) is 0.191. The molecule has 1 aliphatic heterocycles. The smallest absolute Gasteiger partial charge is 0.227 e. The number of ether oxygens (including phenoxy) is 1. The van der Waals surface area contributed by atoms with Crippen molar-refractivity contribution < 1.29 is 9.53 Å². The second kappa shape index (κ2) is 6.97. The van der Waals surface area contributed by atoms with Gasteiger partial charge in [-0.1, -0.05) is 13.3 Å². The fraction of sp³-hybridized carbons (Fsp3) is 0.923. The average molecular weight is 242 g/mol. The van der Waals surface area contributed by atoms with Gasteiger partial charge in [0.25, 0.3) is 0 Å². The molecule has 1 unspecified atom stereocenters. The van der Waals surface area contributed by atoms with Gasteiger partial charge in [-0.05, 0) is 33.2 Å². The Morgan fingerprint density at radius 2 is 2.29 bits per heavy atom. The first-order valence-corrected chi connectivity index (χ1v) is 6.71. The minimum Gasteiger partial charge on any atom is -0.377 e. The Bertz CT molecular complexity index is 236. The van der Waals surface area contributed by atoms with Crippen LogP contribution in [0.1, 0.15) is 40.0 Å². The third-order valence-electron chi connectivity index (χ3n) is 3.29. The summed E-state index contributed by atoms with van der Waals surface area (Å²) in [4.78, 5) is 12.2. The van der Waals surface area contributed by atoms with Crippen molar-refractivity contribution in [2.75, 3.05) is 26.2 Å². The number of hydrogen-bond acceptors (Lipinski definition) is 3. The van der Waals surface area contributed by atoms with Crippen molar-refractivity contribution in [3.8, 4) is 0 Å². The number of hydrogen-bond donors (Lipinski definition) is 2. The third kappa shape index (κ3) is 4.28. The van der Waals surface area contributed by atoms with Crippen LogP contribution in [0.3, 0.4) is 0 Å². The van der Waals surface area contributed by atoms with Crippen LogP contribution in [0.5, 0.6) is 0 Å². The molecule has 100 valence electrons. The van der Waals surface area contributed by atoms with Crippen LogP contribution in [-0.4, -0.2) is 38.3 Å². The minimum atomic E-state index is -0.174. The topological polar surface area (TPSA) is 50.4 Å². The zero-order valence-corrected chi connectivity index (χ0v) is 11.3. The van der Waals surface area contributed by atoms with Gasteiger partial charge in [0.05, 0.1) is 18.1 Å². The second-order valence-corrected chi connectivity index (χ2v) is 5.13. The van der Waals surface area contributed by atoms with E-state index in [1.54, 1.807) is 0 Å². The number of rotatable bonds is 7. The largest absolute Gasteiger partial charge is 0.377 e. The van der Waals surface area contributed by atoms with Gasteiger partial charge >= 0.3 is 0 Å². The van der Waals surface area contributed by atoms with Crippen LogP contribution in [-0.2, 0) is 9.53 Å². The fourth-order valence-corrected chi connectivity index (χ4v) is 2.39. The summed E-state index contributed by atoms with van der Waals surface area (Å²) in [7, 11) is 0. The fourth-order valence-electron chi connectivity index (χ4n) is 2.39. The van der Waals surface area contributed by atoms with Crippen molar-refractivity contribution in [3.63, 3.8) is 0 Å². The highest BCUT2D eigenvalue weighted by atomic mass is 16.5. The Balaban J connectivity index is 2.33. The Morgan fingerprint density at radius 3 is 2.82 bits per heavy atom. The van der Waals surface area contributed by atoms with E-state index in [9.17, 15) is 4.79 Å². The summed E-state index contributed by atoms with van der Waals surface area (Å²) in [6, 6.07) is 0. The van der Waals surface area contributed by atoms with Gasteiger partial charge in [0.2, 0.25) is 5.91 Å². The molecule has 0 aromatic heterocycles. The molecule has 1 heterocycles. The lowest BCUT2D eigenvalue weighted by Crippen LogP contribution is -2.43. The van der Waals surface area contributed by atoms with E-state index >= 15 is 0 Å². The van der Waals surface area contributed by atoms with Gasteiger partial charge in [-0.25, -0.2) is 0 Å². The molecule has 4 heteroatoms. The molecule has 0 aromatic carbocycles. The highest BCUT2D eigenvalue weighted by Crippen LogP contribution is 2.31. The summed E-state index contributed by atoms with van der Waals surface area (Å²) < 4.78 is 5.42. The quantitative estimate of drug-likeness (QED) is 0.662. The van der Waals surface area contributed by atoms with Crippen LogP contribution < -0.4 is 10.6 Å². The highest BCUT2D eigenvalue weighted by molar-refractivity contribution is 5.83. The van der Waals surface area contributed by atoms with Crippen molar-refractivity contribution in [2.24, 2.45) is 5.41 Å². The molecular formula is C13H26N2O2. The van der Waals surface area contributed by atoms with Gasteiger partial charge < -0.3 is 15.4 Å². The van der Waals surface area contributed by atoms with Crippen LogP contribution in [0.25, 0.3) is 0 Å². The Morgan fingerprint density at radius 1 is 1.53 bits per heavy atom. The number of nitrogens with one attached hydrogen (secondary N) is 2. The molecule has 0 aliphatic carbocycles. The van der Waals surface area contributed by atoms with E-state index in [0.29, 0.717) is 13.2 Å². The molecule has 0 aromatic rings. The molecule has 0 spiro atoms. The maximum Gasteiger partial charge on any atom is 0.227 e. The van der Waals surface area contributed by atoms with Gasteiger partial charge in [-0.3, -0.25) is 4.79 Å². The van der Waals surface area contributed by atoms with E-state index in [4.69, 9.17) is 4.74 Å². The summed E-state index contributed by atoms with van der Waals surface area (Å²) >= 11 is 0. The van der Waals surface area contributed by atoms with Crippen LogP contribution in [0.2, 0.25) is 0 Å². The van der Waals surface area contributed by atoms with Gasteiger partial charge in [-0.2, -0.15) is 0 Å².